The second-order valence-electron chi connectivity index (χ2n) is 4.14. The van der Waals surface area contributed by atoms with Crippen molar-refractivity contribution in [3.05, 3.63) is 35.4 Å². The molecule has 0 aliphatic heterocycles. The van der Waals surface area contributed by atoms with Crippen LogP contribution in [0.4, 0.5) is 8.78 Å². The first-order chi connectivity index (χ1) is 8.70. The van der Waals surface area contributed by atoms with Crippen LogP contribution in [0, 0.1) is 11.6 Å². The summed E-state index contributed by atoms with van der Waals surface area (Å²) in [7, 11) is 0. The summed E-state index contributed by atoms with van der Waals surface area (Å²) in [6.07, 6.45) is 1.58. The first kappa shape index (κ1) is 15.1. The number of hydrogen-bond acceptors (Lipinski definition) is 2. The molecule has 1 aromatic carbocycles. The van der Waals surface area contributed by atoms with Crippen LogP contribution in [-0.2, 0) is 4.74 Å². The second-order valence-corrected chi connectivity index (χ2v) is 4.14. The molecule has 4 heteroatoms. The third-order valence-electron chi connectivity index (χ3n) is 2.75. The summed E-state index contributed by atoms with van der Waals surface area (Å²) in [6.45, 7) is 5.89. The van der Waals surface area contributed by atoms with Gasteiger partial charge in [-0.25, -0.2) is 8.78 Å². The Morgan fingerprint density at radius 1 is 1.28 bits per heavy atom. The van der Waals surface area contributed by atoms with E-state index in [1.165, 1.54) is 6.07 Å². The summed E-state index contributed by atoms with van der Waals surface area (Å²) < 4.78 is 32.2. The van der Waals surface area contributed by atoms with Crippen molar-refractivity contribution in [3.8, 4) is 0 Å². The Hall–Kier alpha value is -1.00. The summed E-state index contributed by atoms with van der Waals surface area (Å²) in [4.78, 5) is 0. The molecule has 1 N–H and O–H groups in total. The Morgan fingerprint density at radius 2 is 2.06 bits per heavy atom. The van der Waals surface area contributed by atoms with E-state index in [2.05, 4.69) is 5.32 Å². The summed E-state index contributed by atoms with van der Waals surface area (Å²) in [5.41, 5.74) is 0.378. The fourth-order valence-electron chi connectivity index (χ4n) is 1.82. The normalized spacial score (nSPS) is 12.7. The second kappa shape index (κ2) is 8.16. The van der Waals surface area contributed by atoms with Gasteiger partial charge in [0.1, 0.15) is 0 Å². The lowest BCUT2D eigenvalue weighted by Gasteiger charge is -2.19. The number of ether oxygens (including phenoxy) is 1. The minimum Gasteiger partial charge on any atom is -0.382 e. The highest BCUT2D eigenvalue weighted by molar-refractivity contribution is 5.22. The molecule has 0 aliphatic carbocycles. The largest absolute Gasteiger partial charge is 0.382 e. The maximum atomic E-state index is 13.7. The molecule has 0 radical (unpaired) electrons. The van der Waals surface area contributed by atoms with Gasteiger partial charge >= 0.3 is 0 Å². The fraction of sp³-hybridized carbons (Fsp3) is 0.571. The van der Waals surface area contributed by atoms with E-state index in [-0.39, 0.29) is 6.04 Å². The summed E-state index contributed by atoms with van der Waals surface area (Å²) in [6, 6.07) is 4.09. The van der Waals surface area contributed by atoms with Crippen LogP contribution in [0.1, 0.15) is 38.3 Å². The van der Waals surface area contributed by atoms with Gasteiger partial charge in [0.2, 0.25) is 0 Å². The smallest absolute Gasteiger partial charge is 0.163 e. The number of hydrogen-bond donors (Lipinski definition) is 1. The van der Waals surface area contributed by atoms with E-state index in [9.17, 15) is 8.78 Å². The molecule has 0 fully saturated rings. The lowest BCUT2D eigenvalue weighted by molar-refractivity contribution is 0.136. The number of rotatable bonds is 8. The van der Waals surface area contributed by atoms with E-state index < -0.39 is 11.6 Å². The Morgan fingerprint density at radius 3 is 2.72 bits per heavy atom. The average Bonchev–Trinajstić information content (AvgIpc) is 2.37. The number of benzene rings is 1. The number of halogens is 2. The van der Waals surface area contributed by atoms with Crippen LogP contribution < -0.4 is 5.32 Å². The predicted octanol–water partition coefficient (Wildman–Crippen LogP) is 3.43. The molecule has 1 atom stereocenters. The van der Waals surface area contributed by atoms with Gasteiger partial charge in [0, 0.05) is 24.8 Å². The molecule has 0 amide bonds. The van der Waals surface area contributed by atoms with Crippen molar-refractivity contribution in [2.75, 3.05) is 19.8 Å². The molecule has 0 bridgehead atoms. The highest BCUT2D eigenvalue weighted by Crippen LogP contribution is 2.22. The van der Waals surface area contributed by atoms with E-state index in [0.717, 1.165) is 19.0 Å². The maximum absolute atomic E-state index is 13.7. The predicted molar refractivity (Wildman–Crippen MR) is 68.5 cm³/mol. The molecule has 0 saturated heterocycles. The van der Waals surface area contributed by atoms with Gasteiger partial charge in [0.15, 0.2) is 11.6 Å². The van der Waals surface area contributed by atoms with Crippen molar-refractivity contribution in [2.24, 2.45) is 0 Å². The van der Waals surface area contributed by atoms with Gasteiger partial charge in [-0.2, -0.15) is 0 Å². The number of nitrogens with one attached hydrogen (secondary N) is 1. The van der Waals surface area contributed by atoms with E-state index >= 15 is 0 Å². The standard InChI is InChI=1S/C14H21F2NO/c1-3-9-17-13(8-10-18-4-2)11-6-5-7-12(15)14(11)16/h5-7,13,17H,3-4,8-10H2,1-2H3. The van der Waals surface area contributed by atoms with Crippen LogP contribution >= 0.6 is 0 Å². The van der Waals surface area contributed by atoms with Crippen LogP contribution in [0.15, 0.2) is 18.2 Å². The minimum absolute atomic E-state index is 0.202. The SMILES string of the molecule is CCCNC(CCOCC)c1cccc(F)c1F. The van der Waals surface area contributed by atoms with E-state index in [1.807, 2.05) is 13.8 Å². The molecule has 1 rings (SSSR count). The van der Waals surface area contributed by atoms with Gasteiger partial charge in [0.05, 0.1) is 0 Å². The van der Waals surface area contributed by atoms with Crippen LogP contribution in [-0.4, -0.2) is 19.8 Å². The molecule has 0 heterocycles. The van der Waals surface area contributed by atoms with Crippen molar-refractivity contribution in [1.82, 2.24) is 5.32 Å². The molecule has 1 unspecified atom stereocenters. The zero-order valence-corrected chi connectivity index (χ0v) is 11.0. The van der Waals surface area contributed by atoms with Crippen LogP contribution in [0.5, 0.6) is 0 Å². The fourth-order valence-corrected chi connectivity index (χ4v) is 1.82. The van der Waals surface area contributed by atoms with Gasteiger partial charge in [0.25, 0.3) is 0 Å². The topological polar surface area (TPSA) is 21.3 Å². The van der Waals surface area contributed by atoms with Crippen LogP contribution in [0.3, 0.4) is 0 Å². The zero-order chi connectivity index (χ0) is 13.4. The van der Waals surface area contributed by atoms with Gasteiger partial charge in [-0.05, 0) is 32.4 Å². The average molecular weight is 257 g/mol. The van der Waals surface area contributed by atoms with Crippen LogP contribution in [0.25, 0.3) is 0 Å². The first-order valence-electron chi connectivity index (χ1n) is 6.45. The van der Waals surface area contributed by atoms with Crippen molar-refractivity contribution >= 4 is 0 Å². The van der Waals surface area contributed by atoms with E-state index in [0.29, 0.717) is 25.2 Å². The van der Waals surface area contributed by atoms with Crippen molar-refractivity contribution in [2.45, 2.75) is 32.7 Å². The lowest BCUT2D eigenvalue weighted by atomic mass is 10.0. The van der Waals surface area contributed by atoms with Crippen molar-refractivity contribution in [3.63, 3.8) is 0 Å². The summed E-state index contributed by atoms with van der Waals surface area (Å²) >= 11 is 0. The third-order valence-corrected chi connectivity index (χ3v) is 2.75. The lowest BCUT2D eigenvalue weighted by Crippen LogP contribution is -2.24. The van der Waals surface area contributed by atoms with Gasteiger partial charge in [-0.1, -0.05) is 19.1 Å². The molecule has 102 valence electrons. The molecule has 2 nitrogen and oxygen atoms in total. The maximum Gasteiger partial charge on any atom is 0.163 e. The van der Waals surface area contributed by atoms with Gasteiger partial charge < -0.3 is 10.1 Å². The third kappa shape index (κ3) is 4.35. The molecule has 0 aliphatic rings. The highest BCUT2D eigenvalue weighted by atomic mass is 19.2. The Labute approximate surface area is 107 Å². The molecule has 0 aromatic heterocycles. The van der Waals surface area contributed by atoms with Crippen molar-refractivity contribution in [1.29, 1.82) is 0 Å². The quantitative estimate of drug-likeness (QED) is 0.720. The highest BCUT2D eigenvalue weighted by Gasteiger charge is 2.17. The van der Waals surface area contributed by atoms with Crippen molar-refractivity contribution < 1.29 is 13.5 Å². The van der Waals surface area contributed by atoms with E-state index in [4.69, 9.17) is 4.74 Å². The molecule has 0 spiro atoms. The van der Waals surface area contributed by atoms with Crippen LogP contribution in [0.2, 0.25) is 0 Å². The minimum atomic E-state index is -0.799. The molecule has 1 aromatic rings. The molecule has 18 heavy (non-hydrogen) atoms. The summed E-state index contributed by atoms with van der Waals surface area (Å²) in [5.74, 6) is -1.56. The Balaban J connectivity index is 2.76. The molecular weight excluding hydrogens is 236 g/mol. The molecular formula is C14H21F2NO. The van der Waals surface area contributed by atoms with E-state index in [1.54, 1.807) is 6.07 Å². The Kier molecular flexibility index (Phi) is 6.83. The first-order valence-corrected chi connectivity index (χ1v) is 6.45. The molecule has 0 saturated carbocycles. The summed E-state index contributed by atoms with van der Waals surface area (Å²) in [5, 5.41) is 3.23. The van der Waals surface area contributed by atoms with Gasteiger partial charge in [-0.3, -0.25) is 0 Å². The van der Waals surface area contributed by atoms with Gasteiger partial charge in [-0.15, -0.1) is 0 Å². The zero-order valence-electron chi connectivity index (χ0n) is 11.0. The Bertz CT molecular complexity index is 358. The monoisotopic (exact) mass is 257 g/mol.